The van der Waals surface area contributed by atoms with E-state index in [2.05, 4.69) is 22.3 Å². The summed E-state index contributed by atoms with van der Waals surface area (Å²) >= 11 is 1.45. The van der Waals surface area contributed by atoms with E-state index in [1.54, 1.807) is 4.57 Å². The first-order valence-electron chi connectivity index (χ1n) is 10.9. The largest absolute Gasteiger partial charge is 0.343 e. The number of benzene rings is 1. The monoisotopic (exact) mass is 411 g/mol. The van der Waals surface area contributed by atoms with Gasteiger partial charge in [0.2, 0.25) is 0 Å². The van der Waals surface area contributed by atoms with Gasteiger partial charge in [0.05, 0.1) is 5.25 Å². The molecule has 1 heterocycles. The summed E-state index contributed by atoms with van der Waals surface area (Å²) in [5.74, 6) is 2.68. The van der Waals surface area contributed by atoms with Crippen LogP contribution in [0.15, 0.2) is 40.3 Å². The van der Waals surface area contributed by atoms with Crippen LogP contribution >= 0.6 is 11.8 Å². The van der Waals surface area contributed by atoms with Crippen LogP contribution in [-0.4, -0.2) is 25.8 Å². The van der Waals surface area contributed by atoms with Crippen LogP contribution in [0.3, 0.4) is 0 Å². The Bertz CT molecular complexity index is 913. The van der Waals surface area contributed by atoms with Gasteiger partial charge in [0.1, 0.15) is 0 Å². The highest BCUT2D eigenvalue weighted by atomic mass is 32.2. The predicted molar refractivity (Wildman–Crippen MR) is 114 cm³/mol. The van der Waals surface area contributed by atoms with E-state index in [0.29, 0.717) is 17.5 Å². The van der Waals surface area contributed by atoms with Crippen molar-refractivity contribution in [2.24, 2.45) is 23.2 Å². The second-order valence-corrected chi connectivity index (χ2v) is 10.8. The van der Waals surface area contributed by atoms with Gasteiger partial charge in [-0.3, -0.25) is 9.36 Å². The zero-order valence-corrected chi connectivity index (χ0v) is 17.8. The number of aromatic nitrogens is 3. The molecule has 154 valence electrons. The maximum absolute atomic E-state index is 13.6. The Morgan fingerprint density at radius 2 is 1.79 bits per heavy atom. The van der Waals surface area contributed by atoms with Gasteiger partial charge >= 0.3 is 5.69 Å². The lowest BCUT2D eigenvalue weighted by atomic mass is 9.48. The van der Waals surface area contributed by atoms with Crippen molar-refractivity contribution in [2.45, 2.75) is 68.8 Å². The van der Waals surface area contributed by atoms with Gasteiger partial charge in [-0.05, 0) is 75.2 Å². The molecular weight excluding hydrogens is 382 g/mol. The van der Waals surface area contributed by atoms with E-state index in [0.717, 1.165) is 43.4 Å². The van der Waals surface area contributed by atoms with Gasteiger partial charge in [0.25, 0.3) is 0 Å². The molecule has 1 aromatic heterocycles. The molecule has 29 heavy (non-hydrogen) atoms. The average Bonchev–Trinajstić information content (AvgIpc) is 3.04. The molecule has 0 spiro atoms. The molecule has 4 saturated carbocycles. The van der Waals surface area contributed by atoms with Gasteiger partial charge in [-0.25, -0.2) is 9.89 Å². The Hall–Kier alpha value is -1.82. The Morgan fingerprint density at radius 1 is 1.17 bits per heavy atom. The molecule has 4 aliphatic rings. The maximum atomic E-state index is 13.6. The van der Waals surface area contributed by atoms with E-state index in [1.807, 2.05) is 25.1 Å². The summed E-state index contributed by atoms with van der Waals surface area (Å²) in [6.07, 6.45) is 8.05. The fourth-order valence-corrected chi connectivity index (χ4v) is 7.60. The number of H-pyrrole nitrogens is 1. The number of Topliss-reactive ketones (excluding diaryl/α,β-unsaturated/α-hetero) is 1. The fourth-order valence-electron chi connectivity index (χ4n) is 6.53. The number of rotatable bonds is 7. The number of hydrogen-bond acceptors (Lipinski definition) is 4. The average molecular weight is 412 g/mol. The zero-order chi connectivity index (χ0) is 20.0. The lowest BCUT2D eigenvalue weighted by Crippen LogP contribution is -2.51. The Balaban J connectivity index is 1.29. The van der Waals surface area contributed by atoms with Gasteiger partial charge in [-0.15, -0.1) is 5.10 Å². The van der Waals surface area contributed by atoms with E-state index in [9.17, 15) is 9.59 Å². The van der Waals surface area contributed by atoms with Crippen molar-refractivity contribution >= 4 is 17.5 Å². The van der Waals surface area contributed by atoms with Crippen LogP contribution in [0, 0.1) is 23.2 Å². The summed E-state index contributed by atoms with van der Waals surface area (Å²) in [4.78, 5) is 25.8. The summed E-state index contributed by atoms with van der Waals surface area (Å²) in [7, 11) is 0. The highest BCUT2D eigenvalue weighted by Crippen LogP contribution is 2.61. The molecule has 4 bridgehead atoms. The lowest BCUT2D eigenvalue weighted by Gasteiger charge is -2.56. The van der Waals surface area contributed by atoms with E-state index < -0.39 is 0 Å². The minimum absolute atomic E-state index is 0.105. The molecule has 1 N–H and O–H groups in total. The molecule has 4 fully saturated rings. The van der Waals surface area contributed by atoms with E-state index in [4.69, 9.17) is 0 Å². The fraction of sp³-hybridized carbons (Fsp3) is 0.609. The summed E-state index contributed by atoms with van der Waals surface area (Å²) in [6, 6.07) is 10.1. The van der Waals surface area contributed by atoms with Crippen LogP contribution in [-0.2, 0) is 17.8 Å². The first-order chi connectivity index (χ1) is 14.0. The van der Waals surface area contributed by atoms with Crippen molar-refractivity contribution in [1.82, 2.24) is 14.8 Å². The summed E-state index contributed by atoms with van der Waals surface area (Å²) in [6.45, 7) is 2.58. The summed E-state index contributed by atoms with van der Waals surface area (Å²) < 4.78 is 1.68. The van der Waals surface area contributed by atoms with E-state index in [-0.39, 0.29) is 16.4 Å². The third-order valence-electron chi connectivity index (χ3n) is 7.40. The number of aromatic amines is 1. The molecule has 0 saturated heterocycles. The van der Waals surface area contributed by atoms with Gasteiger partial charge in [-0.1, -0.05) is 42.1 Å². The van der Waals surface area contributed by atoms with Crippen molar-refractivity contribution in [3.63, 3.8) is 0 Å². The molecule has 0 aliphatic heterocycles. The quantitative estimate of drug-likeness (QED) is 0.697. The van der Waals surface area contributed by atoms with Crippen molar-refractivity contribution in [3.8, 4) is 0 Å². The van der Waals surface area contributed by atoms with E-state index >= 15 is 0 Å². The topological polar surface area (TPSA) is 67.8 Å². The number of ketones is 1. The van der Waals surface area contributed by atoms with Crippen LogP contribution in [0.1, 0.15) is 51.0 Å². The minimum Gasteiger partial charge on any atom is -0.298 e. The van der Waals surface area contributed by atoms with Gasteiger partial charge in [0.15, 0.2) is 10.9 Å². The molecule has 5 nitrogen and oxygen atoms in total. The number of carbonyl (C=O) groups is 1. The molecule has 1 aromatic carbocycles. The van der Waals surface area contributed by atoms with Gasteiger partial charge in [0, 0.05) is 12.0 Å². The first kappa shape index (κ1) is 19.2. The van der Waals surface area contributed by atoms with Crippen LogP contribution in [0.2, 0.25) is 0 Å². The number of carbonyl (C=O) groups excluding carboxylic acids is 1. The molecule has 4 aliphatic carbocycles. The second-order valence-electron chi connectivity index (χ2n) is 9.52. The predicted octanol–water partition coefficient (Wildman–Crippen LogP) is 4.08. The SMILES string of the molecule is CC(Sc1n[nH]c(=O)n1CCc1ccccc1)C(=O)C12CC3CC(CC(C3)C1)C2. The smallest absolute Gasteiger partial charge is 0.298 e. The highest BCUT2D eigenvalue weighted by molar-refractivity contribution is 8.00. The molecule has 2 aromatic rings. The normalized spacial score (nSPS) is 31.1. The summed E-state index contributed by atoms with van der Waals surface area (Å²) in [5, 5.41) is 7.28. The Morgan fingerprint density at radius 3 is 2.41 bits per heavy atom. The van der Waals surface area contributed by atoms with Gasteiger partial charge in [-0.2, -0.15) is 0 Å². The molecule has 1 unspecified atom stereocenters. The van der Waals surface area contributed by atoms with E-state index in [1.165, 1.54) is 36.6 Å². The standard InChI is InChI=1S/C23H29N3O2S/c1-15(20(27)23-12-17-9-18(13-23)11-19(10-17)14-23)29-22-25-24-21(28)26(22)8-7-16-5-3-2-4-6-16/h2-6,15,17-19H,7-14H2,1H3,(H,24,28). The van der Waals surface area contributed by atoms with Gasteiger partial charge < -0.3 is 0 Å². The Labute approximate surface area is 175 Å². The number of nitrogens with one attached hydrogen (secondary N) is 1. The Kier molecular flexibility index (Phi) is 4.93. The second kappa shape index (κ2) is 7.46. The minimum atomic E-state index is -0.196. The zero-order valence-electron chi connectivity index (χ0n) is 17.0. The number of aryl methyl sites for hydroxylation is 1. The maximum Gasteiger partial charge on any atom is 0.343 e. The summed E-state index contributed by atoms with van der Waals surface area (Å²) in [5.41, 5.74) is 0.888. The highest BCUT2D eigenvalue weighted by Gasteiger charge is 2.55. The molecule has 0 radical (unpaired) electrons. The molecule has 1 atom stereocenters. The molecule has 6 heteroatoms. The van der Waals surface area contributed by atoms with Crippen molar-refractivity contribution in [2.75, 3.05) is 0 Å². The lowest BCUT2D eigenvalue weighted by molar-refractivity contribution is -0.142. The van der Waals surface area contributed by atoms with Crippen molar-refractivity contribution < 1.29 is 4.79 Å². The van der Waals surface area contributed by atoms with Crippen molar-refractivity contribution in [1.29, 1.82) is 0 Å². The number of nitrogens with zero attached hydrogens (tertiary/aromatic N) is 2. The molecule has 0 amide bonds. The van der Waals surface area contributed by atoms with Crippen molar-refractivity contribution in [3.05, 3.63) is 46.4 Å². The number of thioether (sulfide) groups is 1. The van der Waals surface area contributed by atoms with Crippen LogP contribution in [0.4, 0.5) is 0 Å². The third kappa shape index (κ3) is 3.60. The molecular formula is C23H29N3O2S. The molecule has 6 rings (SSSR count). The number of hydrogen-bond donors (Lipinski definition) is 1. The third-order valence-corrected chi connectivity index (χ3v) is 8.49. The van der Waals surface area contributed by atoms with Crippen LogP contribution in [0.5, 0.6) is 0 Å². The van der Waals surface area contributed by atoms with Crippen LogP contribution < -0.4 is 5.69 Å². The van der Waals surface area contributed by atoms with Crippen LogP contribution in [0.25, 0.3) is 0 Å². The first-order valence-corrected chi connectivity index (χ1v) is 11.8.